The van der Waals surface area contributed by atoms with Gasteiger partial charge in [0.2, 0.25) is 0 Å². The molecule has 0 radical (unpaired) electrons. The van der Waals surface area contributed by atoms with Crippen LogP contribution in [0, 0.1) is 5.92 Å². The molecular formula is C25H29F6NO. The monoisotopic (exact) mass is 473 g/mol. The molecule has 1 aliphatic carbocycles. The summed E-state index contributed by atoms with van der Waals surface area (Å²) in [5, 5.41) is 0.537. The van der Waals surface area contributed by atoms with E-state index >= 15 is 0 Å². The second kappa shape index (κ2) is 9.35. The van der Waals surface area contributed by atoms with Crippen LogP contribution in [0.15, 0.2) is 30.3 Å². The normalized spacial score (nSPS) is 24.1. The Hall–Kier alpha value is -1.96. The maximum absolute atomic E-state index is 14.2. The first-order valence-electron chi connectivity index (χ1n) is 11.7. The van der Waals surface area contributed by atoms with E-state index in [1.807, 2.05) is 13.0 Å². The van der Waals surface area contributed by atoms with Gasteiger partial charge in [-0.3, -0.25) is 4.90 Å². The molecule has 1 aliphatic heterocycles. The molecular weight excluding hydrogens is 444 g/mol. The van der Waals surface area contributed by atoms with Crippen LogP contribution in [0.25, 0.3) is 10.8 Å². The molecule has 0 unspecified atom stereocenters. The number of fused-ring (bicyclic) bond motifs is 1. The van der Waals surface area contributed by atoms with Crippen LogP contribution in [-0.2, 0) is 6.18 Å². The Balaban J connectivity index is 1.63. The Kier molecular flexibility index (Phi) is 6.85. The number of benzene rings is 2. The van der Waals surface area contributed by atoms with E-state index in [1.54, 1.807) is 18.2 Å². The van der Waals surface area contributed by atoms with Crippen molar-refractivity contribution in [3.63, 3.8) is 0 Å². The molecule has 1 heterocycles. The lowest BCUT2D eigenvalue weighted by atomic mass is 9.87. The summed E-state index contributed by atoms with van der Waals surface area (Å²) < 4.78 is 87.1. The fourth-order valence-electron chi connectivity index (χ4n) is 5.17. The summed E-state index contributed by atoms with van der Waals surface area (Å²) >= 11 is 0. The van der Waals surface area contributed by atoms with Crippen molar-refractivity contribution in [2.24, 2.45) is 5.92 Å². The summed E-state index contributed by atoms with van der Waals surface area (Å²) in [6, 6.07) is 8.08. The number of ether oxygens (including phenoxy) is 1. The number of likely N-dealkylation sites (tertiary alicyclic amines) is 1. The van der Waals surface area contributed by atoms with Gasteiger partial charge in [0.15, 0.2) is 0 Å². The highest BCUT2D eigenvalue weighted by atomic mass is 19.4. The van der Waals surface area contributed by atoms with Crippen LogP contribution in [0.5, 0.6) is 5.75 Å². The molecule has 0 aromatic heterocycles. The van der Waals surface area contributed by atoms with E-state index in [2.05, 4.69) is 4.90 Å². The second-order valence-electron chi connectivity index (χ2n) is 9.32. The van der Waals surface area contributed by atoms with E-state index in [0.29, 0.717) is 5.39 Å². The van der Waals surface area contributed by atoms with Gasteiger partial charge >= 0.3 is 12.4 Å². The van der Waals surface area contributed by atoms with Crippen molar-refractivity contribution >= 4 is 10.8 Å². The van der Waals surface area contributed by atoms with Gasteiger partial charge < -0.3 is 4.74 Å². The van der Waals surface area contributed by atoms with Gasteiger partial charge in [0.05, 0.1) is 12.0 Å². The molecule has 8 heteroatoms. The van der Waals surface area contributed by atoms with Crippen molar-refractivity contribution in [2.75, 3.05) is 13.1 Å². The number of hydrogen-bond donors (Lipinski definition) is 0. The molecule has 0 amide bonds. The lowest BCUT2D eigenvalue weighted by Crippen LogP contribution is -2.32. The molecule has 1 saturated carbocycles. The molecule has 1 saturated heterocycles. The Labute approximate surface area is 189 Å². The molecule has 2 aromatic rings. The van der Waals surface area contributed by atoms with Gasteiger partial charge in [-0.25, -0.2) is 0 Å². The minimum absolute atomic E-state index is 0.00185. The second-order valence-corrected chi connectivity index (χ2v) is 9.32. The van der Waals surface area contributed by atoms with Crippen LogP contribution in [0.4, 0.5) is 26.3 Å². The number of nitrogens with zero attached hydrogens (tertiary/aromatic N) is 1. The molecule has 0 spiro atoms. The van der Waals surface area contributed by atoms with Crippen LogP contribution < -0.4 is 4.74 Å². The van der Waals surface area contributed by atoms with Crippen molar-refractivity contribution in [2.45, 2.75) is 76.4 Å². The molecule has 33 heavy (non-hydrogen) atoms. The number of alkyl halides is 6. The Bertz CT molecular complexity index is 956. The van der Waals surface area contributed by atoms with E-state index in [1.165, 1.54) is 12.5 Å². The maximum atomic E-state index is 14.2. The van der Waals surface area contributed by atoms with Gasteiger partial charge in [-0.1, -0.05) is 24.6 Å². The molecule has 2 aliphatic rings. The molecule has 2 fully saturated rings. The highest BCUT2D eigenvalue weighted by molar-refractivity contribution is 5.89. The van der Waals surface area contributed by atoms with E-state index < -0.39 is 29.9 Å². The predicted molar refractivity (Wildman–Crippen MR) is 115 cm³/mol. The Morgan fingerprint density at radius 3 is 2.12 bits per heavy atom. The van der Waals surface area contributed by atoms with Gasteiger partial charge in [0.1, 0.15) is 11.3 Å². The Morgan fingerprint density at radius 2 is 1.52 bits per heavy atom. The van der Waals surface area contributed by atoms with Crippen molar-refractivity contribution in [1.82, 2.24) is 4.90 Å². The summed E-state index contributed by atoms with van der Waals surface area (Å²) in [5.74, 6) is -1.71. The minimum Gasteiger partial charge on any atom is -0.490 e. The first kappa shape index (κ1) is 24.2. The number of hydrogen-bond acceptors (Lipinski definition) is 2. The quantitative estimate of drug-likeness (QED) is 0.419. The largest absolute Gasteiger partial charge is 0.490 e. The van der Waals surface area contributed by atoms with Crippen LogP contribution >= 0.6 is 0 Å². The van der Waals surface area contributed by atoms with E-state index in [9.17, 15) is 26.3 Å². The molecule has 0 N–H and O–H groups in total. The minimum atomic E-state index is -4.65. The highest BCUT2D eigenvalue weighted by Gasteiger charge is 2.42. The van der Waals surface area contributed by atoms with Crippen molar-refractivity contribution < 1.29 is 31.1 Å². The van der Waals surface area contributed by atoms with Crippen molar-refractivity contribution in [1.29, 1.82) is 0 Å². The van der Waals surface area contributed by atoms with Gasteiger partial charge in [-0.15, -0.1) is 0 Å². The van der Waals surface area contributed by atoms with Crippen molar-refractivity contribution in [3.8, 4) is 5.75 Å². The molecule has 0 bridgehead atoms. The summed E-state index contributed by atoms with van der Waals surface area (Å²) in [4.78, 5) is 2.29. The van der Waals surface area contributed by atoms with Crippen LogP contribution in [0.1, 0.15) is 69.0 Å². The van der Waals surface area contributed by atoms with Crippen LogP contribution in [-0.4, -0.2) is 30.3 Å². The van der Waals surface area contributed by atoms with Gasteiger partial charge in [0, 0.05) is 6.04 Å². The topological polar surface area (TPSA) is 12.5 Å². The standard InChI is InChI=1S/C25H29F6NO/c1-16(32-13-3-2-4-14-32)18-6-5-17-7-12-22(23(21(17)15-18)25(29,30)31)33-20-10-8-19(9-11-20)24(26,27)28/h5-7,12,15-16,19-20H,2-4,8-11,13-14H2,1H3/t16-,19?,20?/m1/s1. The summed E-state index contributed by atoms with van der Waals surface area (Å²) in [6.45, 7) is 3.86. The third-order valence-corrected chi connectivity index (χ3v) is 7.14. The van der Waals surface area contributed by atoms with Gasteiger partial charge in [-0.05, 0) is 87.0 Å². The number of piperidine rings is 1. The van der Waals surface area contributed by atoms with E-state index in [-0.39, 0.29) is 42.9 Å². The molecule has 2 nitrogen and oxygen atoms in total. The molecule has 2 aromatic carbocycles. The lowest BCUT2D eigenvalue weighted by molar-refractivity contribution is -0.185. The third kappa shape index (κ3) is 5.42. The zero-order valence-electron chi connectivity index (χ0n) is 18.6. The first-order chi connectivity index (χ1) is 15.5. The van der Waals surface area contributed by atoms with Crippen LogP contribution in [0.3, 0.4) is 0 Å². The average molecular weight is 474 g/mol. The average Bonchev–Trinajstić information content (AvgIpc) is 2.77. The highest BCUT2D eigenvalue weighted by Crippen LogP contribution is 2.44. The van der Waals surface area contributed by atoms with Gasteiger partial charge in [-0.2, -0.15) is 26.3 Å². The van der Waals surface area contributed by atoms with Crippen LogP contribution in [0.2, 0.25) is 0 Å². The summed E-state index contributed by atoms with van der Waals surface area (Å²) in [7, 11) is 0. The van der Waals surface area contributed by atoms with E-state index in [0.717, 1.165) is 31.5 Å². The third-order valence-electron chi connectivity index (χ3n) is 7.14. The SMILES string of the molecule is C[C@H](c1ccc2ccc(OC3CCC(C(F)(F)F)CC3)c(C(F)(F)F)c2c1)N1CCCCC1. The first-order valence-corrected chi connectivity index (χ1v) is 11.7. The lowest BCUT2D eigenvalue weighted by Gasteiger charge is -2.33. The maximum Gasteiger partial charge on any atom is 0.420 e. The Morgan fingerprint density at radius 1 is 0.879 bits per heavy atom. The fraction of sp³-hybridized carbons (Fsp3) is 0.600. The smallest absolute Gasteiger partial charge is 0.420 e. The fourth-order valence-corrected chi connectivity index (χ4v) is 5.17. The zero-order valence-corrected chi connectivity index (χ0v) is 18.6. The van der Waals surface area contributed by atoms with E-state index in [4.69, 9.17) is 4.74 Å². The number of halogens is 6. The molecule has 1 atom stereocenters. The summed E-state index contributed by atoms with van der Waals surface area (Å²) in [6.07, 6.45) is -6.31. The van der Waals surface area contributed by atoms with Crippen molar-refractivity contribution in [3.05, 3.63) is 41.5 Å². The molecule has 182 valence electrons. The summed E-state index contributed by atoms with van der Waals surface area (Å²) in [5.41, 5.74) is -0.0247. The van der Waals surface area contributed by atoms with Gasteiger partial charge in [0.25, 0.3) is 0 Å². The predicted octanol–water partition coefficient (Wildman–Crippen LogP) is 7.91. The number of rotatable bonds is 4. The zero-order chi connectivity index (χ0) is 23.8. The molecule has 4 rings (SSSR count).